The molecule has 0 radical (unpaired) electrons. The molecule has 0 aromatic heterocycles. The van der Waals surface area contributed by atoms with Gasteiger partial charge in [0.2, 0.25) is 0 Å². The highest BCUT2D eigenvalue weighted by Gasteiger charge is 2.52. The Morgan fingerprint density at radius 3 is 2.16 bits per heavy atom. The number of ether oxygens (including phenoxy) is 1. The van der Waals surface area contributed by atoms with Crippen molar-refractivity contribution in [3.63, 3.8) is 0 Å². The van der Waals surface area contributed by atoms with Crippen LogP contribution in [0.5, 0.6) is 5.75 Å². The number of methoxy groups -OCH3 is 1. The van der Waals surface area contributed by atoms with Gasteiger partial charge in [-0.15, -0.1) is 0 Å². The van der Waals surface area contributed by atoms with Crippen LogP contribution in [0, 0.1) is 0 Å². The summed E-state index contributed by atoms with van der Waals surface area (Å²) in [6.45, 7) is 8.04. The summed E-state index contributed by atoms with van der Waals surface area (Å²) in [7, 11) is 1.10. The van der Waals surface area contributed by atoms with Gasteiger partial charge in [-0.25, -0.2) is 0 Å². The van der Waals surface area contributed by atoms with E-state index in [1.807, 2.05) is 39.8 Å². The van der Waals surface area contributed by atoms with Crippen LogP contribution in [0.25, 0.3) is 0 Å². The standard InChI is InChI=1S/C13H17BBrClO3/c1-12(2)13(3,4)19-14(18-12)8-6-7-9(15)11(17-5)10(8)16/h6-7H,1-5H3. The number of rotatable bonds is 2. The monoisotopic (exact) mass is 346 g/mol. The third kappa shape index (κ3) is 2.53. The van der Waals surface area contributed by atoms with Crippen molar-refractivity contribution < 1.29 is 14.0 Å². The van der Waals surface area contributed by atoms with E-state index in [2.05, 4.69) is 15.9 Å². The van der Waals surface area contributed by atoms with Crippen LogP contribution in [0.2, 0.25) is 5.02 Å². The second-order valence-electron chi connectivity index (χ2n) is 5.57. The van der Waals surface area contributed by atoms with Crippen LogP contribution in [-0.2, 0) is 9.31 Å². The van der Waals surface area contributed by atoms with E-state index in [9.17, 15) is 0 Å². The van der Waals surface area contributed by atoms with Gasteiger partial charge in [0.1, 0.15) is 0 Å². The third-order valence-electron chi connectivity index (χ3n) is 3.79. The maximum atomic E-state index is 6.37. The van der Waals surface area contributed by atoms with Gasteiger partial charge >= 0.3 is 7.12 Å². The maximum Gasteiger partial charge on any atom is 0.496 e. The number of hydrogen-bond acceptors (Lipinski definition) is 3. The molecule has 2 rings (SSSR count). The molecular weight excluding hydrogens is 330 g/mol. The highest BCUT2D eigenvalue weighted by atomic mass is 79.9. The lowest BCUT2D eigenvalue weighted by Gasteiger charge is -2.32. The van der Waals surface area contributed by atoms with Crippen molar-refractivity contribution in [3.05, 3.63) is 21.6 Å². The fourth-order valence-electron chi connectivity index (χ4n) is 1.89. The molecule has 0 bridgehead atoms. The van der Waals surface area contributed by atoms with E-state index >= 15 is 0 Å². The van der Waals surface area contributed by atoms with Gasteiger partial charge in [-0.3, -0.25) is 0 Å². The fourth-order valence-corrected chi connectivity index (χ4v) is 2.82. The molecule has 0 atom stereocenters. The molecule has 1 aromatic carbocycles. The molecule has 1 aromatic rings. The summed E-state index contributed by atoms with van der Waals surface area (Å²) >= 11 is 9.77. The summed E-state index contributed by atoms with van der Waals surface area (Å²) in [5.74, 6) is 0.592. The molecule has 0 unspecified atom stereocenters. The lowest BCUT2D eigenvalue weighted by atomic mass is 9.79. The minimum Gasteiger partial charge on any atom is -0.494 e. The Kier molecular flexibility index (Phi) is 3.96. The molecule has 0 spiro atoms. The van der Waals surface area contributed by atoms with E-state index in [1.54, 1.807) is 7.11 Å². The summed E-state index contributed by atoms with van der Waals surface area (Å²) in [6, 6.07) is 3.77. The molecule has 6 heteroatoms. The van der Waals surface area contributed by atoms with Crippen LogP contribution in [-0.4, -0.2) is 25.4 Å². The van der Waals surface area contributed by atoms with Crippen LogP contribution < -0.4 is 10.2 Å². The van der Waals surface area contributed by atoms with E-state index in [0.717, 1.165) is 9.94 Å². The van der Waals surface area contributed by atoms with E-state index in [-0.39, 0.29) is 11.2 Å². The summed E-state index contributed by atoms with van der Waals surface area (Å²) in [4.78, 5) is 0. The molecule has 0 amide bonds. The molecule has 19 heavy (non-hydrogen) atoms. The van der Waals surface area contributed by atoms with Gasteiger partial charge in [0.15, 0.2) is 5.75 Å². The first-order chi connectivity index (χ1) is 8.69. The average Bonchev–Trinajstić information content (AvgIpc) is 2.48. The van der Waals surface area contributed by atoms with Gasteiger partial charge < -0.3 is 14.0 Å². The Morgan fingerprint density at radius 2 is 1.68 bits per heavy atom. The first-order valence-corrected chi connectivity index (χ1v) is 7.24. The number of hydrogen-bond donors (Lipinski definition) is 0. The SMILES string of the molecule is COc1c(Br)ccc(B2OC(C)(C)C(C)(C)O2)c1Cl. The lowest BCUT2D eigenvalue weighted by Crippen LogP contribution is -2.41. The Bertz CT molecular complexity index is 489. The van der Waals surface area contributed by atoms with Crippen molar-refractivity contribution in [3.8, 4) is 5.75 Å². The summed E-state index contributed by atoms with van der Waals surface area (Å²) < 4.78 is 18.1. The smallest absolute Gasteiger partial charge is 0.494 e. The van der Waals surface area contributed by atoms with Crippen molar-refractivity contribution in [2.24, 2.45) is 0 Å². The molecule has 1 aliphatic heterocycles. The summed E-state index contributed by atoms with van der Waals surface area (Å²) in [5.41, 5.74) is 0.00293. The zero-order valence-electron chi connectivity index (χ0n) is 11.7. The Labute approximate surface area is 127 Å². The molecule has 1 saturated heterocycles. The van der Waals surface area contributed by atoms with Crippen LogP contribution in [0.3, 0.4) is 0 Å². The highest BCUT2D eigenvalue weighted by Crippen LogP contribution is 2.38. The quantitative estimate of drug-likeness (QED) is 0.768. The number of benzene rings is 1. The zero-order chi connectivity index (χ0) is 14.4. The molecule has 0 N–H and O–H groups in total. The average molecular weight is 347 g/mol. The molecule has 1 fully saturated rings. The molecule has 104 valence electrons. The Morgan fingerprint density at radius 1 is 1.16 bits per heavy atom. The topological polar surface area (TPSA) is 27.7 Å². The highest BCUT2D eigenvalue weighted by molar-refractivity contribution is 9.10. The van der Waals surface area contributed by atoms with Crippen LogP contribution in [0.15, 0.2) is 16.6 Å². The van der Waals surface area contributed by atoms with Gasteiger partial charge in [-0.2, -0.15) is 0 Å². The second kappa shape index (κ2) is 4.95. The van der Waals surface area contributed by atoms with Crippen molar-refractivity contribution in [1.29, 1.82) is 0 Å². The predicted molar refractivity (Wildman–Crippen MR) is 81.4 cm³/mol. The second-order valence-corrected chi connectivity index (χ2v) is 6.80. The van der Waals surface area contributed by atoms with Crippen molar-refractivity contribution in [1.82, 2.24) is 0 Å². The molecular formula is C13H17BBrClO3. The van der Waals surface area contributed by atoms with Gasteiger partial charge in [-0.05, 0) is 49.7 Å². The van der Waals surface area contributed by atoms with Gasteiger partial charge in [-0.1, -0.05) is 17.7 Å². The Balaban J connectivity index is 2.40. The molecule has 1 aliphatic rings. The van der Waals surface area contributed by atoms with Crippen molar-refractivity contribution in [2.45, 2.75) is 38.9 Å². The Hall–Kier alpha value is -0.225. The molecule has 0 aliphatic carbocycles. The molecule has 3 nitrogen and oxygen atoms in total. The van der Waals surface area contributed by atoms with Crippen molar-refractivity contribution >= 4 is 40.1 Å². The summed E-state index contributed by atoms with van der Waals surface area (Å²) in [6.07, 6.45) is 0. The van der Waals surface area contributed by atoms with Crippen LogP contribution >= 0.6 is 27.5 Å². The van der Waals surface area contributed by atoms with Gasteiger partial charge in [0.25, 0.3) is 0 Å². The minimum atomic E-state index is -0.487. The largest absolute Gasteiger partial charge is 0.496 e. The first-order valence-electron chi connectivity index (χ1n) is 6.07. The van der Waals surface area contributed by atoms with E-state index in [4.69, 9.17) is 25.6 Å². The van der Waals surface area contributed by atoms with E-state index in [1.165, 1.54) is 0 Å². The summed E-state index contributed by atoms with van der Waals surface area (Å²) in [5, 5.41) is 0.510. The first kappa shape index (κ1) is 15.2. The normalized spacial score (nSPS) is 20.7. The van der Waals surface area contributed by atoms with E-state index in [0.29, 0.717) is 10.8 Å². The van der Waals surface area contributed by atoms with E-state index < -0.39 is 7.12 Å². The predicted octanol–water partition coefficient (Wildman–Crippen LogP) is 3.41. The minimum absolute atomic E-state index is 0.388. The van der Waals surface area contributed by atoms with Gasteiger partial charge in [0, 0.05) is 5.46 Å². The number of halogens is 2. The maximum absolute atomic E-state index is 6.37. The van der Waals surface area contributed by atoms with Crippen LogP contribution in [0.4, 0.5) is 0 Å². The van der Waals surface area contributed by atoms with Crippen molar-refractivity contribution in [2.75, 3.05) is 7.11 Å². The van der Waals surface area contributed by atoms with Gasteiger partial charge in [0.05, 0.1) is 27.8 Å². The fraction of sp³-hybridized carbons (Fsp3) is 0.538. The molecule has 0 saturated carbocycles. The van der Waals surface area contributed by atoms with Crippen LogP contribution in [0.1, 0.15) is 27.7 Å². The molecule has 1 heterocycles. The lowest BCUT2D eigenvalue weighted by molar-refractivity contribution is 0.00578. The third-order valence-corrected chi connectivity index (χ3v) is 4.80. The zero-order valence-corrected chi connectivity index (χ0v) is 14.1.